The highest BCUT2D eigenvalue weighted by atomic mass is 35.5. The third-order valence-corrected chi connectivity index (χ3v) is 5.28. The number of aromatic nitrogens is 1. The Hall–Kier alpha value is -0.990. The standard InChI is InChI=1S/C17H21ClN2/c18-17-13-3-1-2-4-15(13)20-16(17)10-19-9-14(11-5-6-11)12-7-8-12/h1-4,11-12,14,19-20H,5-10H2. The van der Waals surface area contributed by atoms with Crippen molar-refractivity contribution in [3.63, 3.8) is 0 Å². The van der Waals surface area contributed by atoms with Gasteiger partial charge < -0.3 is 10.3 Å². The Morgan fingerprint density at radius 2 is 1.85 bits per heavy atom. The molecular formula is C17H21ClN2. The summed E-state index contributed by atoms with van der Waals surface area (Å²) in [7, 11) is 0. The first kappa shape index (κ1) is 12.7. The van der Waals surface area contributed by atoms with Gasteiger partial charge in [-0.1, -0.05) is 29.8 Å². The van der Waals surface area contributed by atoms with Gasteiger partial charge in [0.15, 0.2) is 0 Å². The van der Waals surface area contributed by atoms with Crippen molar-refractivity contribution >= 4 is 22.5 Å². The fraction of sp³-hybridized carbons (Fsp3) is 0.529. The van der Waals surface area contributed by atoms with Crippen LogP contribution < -0.4 is 5.32 Å². The highest BCUT2D eigenvalue weighted by molar-refractivity contribution is 6.36. The number of rotatable bonds is 6. The van der Waals surface area contributed by atoms with Crippen LogP contribution in [0.2, 0.25) is 5.02 Å². The molecule has 20 heavy (non-hydrogen) atoms. The molecule has 0 spiro atoms. The molecule has 2 saturated carbocycles. The zero-order chi connectivity index (χ0) is 13.5. The molecule has 0 unspecified atom stereocenters. The molecule has 1 heterocycles. The van der Waals surface area contributed by atoms with Crippen LogP contribution >= 0.6 is 11.6 Å². The molecule has 0 aliphatic heterocycles. The second-order valence-corrected chi connectivity index (χ2v) is 6.81. The van der Waals surface area contributed by atoms with Crippen molar-refractivity contribution in [2.24, 2.45) is 17.8 Å². The average molecular weight is 289 g/mol. The van der Waals surface area contributed by atoms with Gasteiger partial charge in [0.05, 0.1) is 5.02 Å². The van der Waals surface area contributed by atoms with Crippen molar-refractivity contribution in [1.82, 2.24) is 10.3 Å². The maximum absolute atomic E-state index is 6.45. The Morgan fingerprint density at radius 1 is 1.15 bits per heavy atom. The molecule has 3 heteroatoms. The van der Waals surface area contributed by atoms with E-state index >= 15 is 0 Å². The predicted octanol–water partition coefficient (Wildman–Crippen LogP) is 4.35. The molecule has 2 aliphatic carbocycles. The van der Waals surface area contributed by atoms with Crippen LogP contribution in [0.15, 0.2) is 24.3 Å². The fourth-order valence-electron chi connectivity index (χ4n) is 3.42. The van der Waals surface area contributed by atoms with E-state index in [-0.39, 0.29) is 0 Å². The highest BCUT2D eigenvalue weighted by Gasteiger charge is 2.40. The number of fused-ring (bicyclic) bond motifs is 1. The first-order valence-electron chi connectivity index (χ1n) is 7.78. The summed E-state index contributed by atoms with van der Waals surface area (Å²) >= 11 is 6.45. The van der Waals surface area contributed by atoms with E-state index in [0.717, 1.165) is 52.5 Å². The van der Waals surface area contributed by atoms with Gasteiger partial charge in [0.2, 0.25) is 0 Å². The number of aromatic amines is 1. The van der Waals surface area contributed by atoms with E-state index in [0.29, 0.717) is 0 Å². The van der Waals surface area contributed by atoms with Gasteiger partial charge in [-0.25, -0.2) is 0 Å². The van der Waals surface area contributed by atoms with E-state index < -0.39 is 0 Å². The van der Waals surface area contributed by atoms with Gasteiger partial charge in [-0.2, -0.15) is 0 Å². The summed E-state index contributed by atoms with van der Waals surface area (Å²) in [4.78, 5) is 3.43. The molecule has 2 nitrogen and oxygen atoms in total. The van der Waals surface area contributed by atoms with Crippen molar-refractivity contribution in [2.45, 2.75) is 32.2 Å². The van der Waals surface area contributed by atoms with E-state index in [2.05, 4.69) is 22.4 Å². The largest absolute Gasteiger partial charge is 0.356 e. The lowest BCUT2D eigenvalue weighted by molar-refractivity contribution is 0.378. The minimum atomic E-state index is 0.851. The van der Waals surface area contributed by atoms with Crippen molar-refractivity contribution in [3.8, 4) is 0 Å². The van der Waals surface area contributed by atoms with Crippen LogP contribution in [0.4, 0.5) is 0 Å². The Morgan fingerprint density at radius 3 is 2.50 bits per heavy atom. The summed E-state index contributed by atoms with van der Waals surface area (Å²) in [6, 6.07) is 8.24. The maximum Gasteiger partial charge on any atom is 0.0705 e. The summed E-state index contributed by atoms with van der Waals surface area (Å²) in [5, 5.41) is 5.64. The molecule has 0 amide bonds. The second kappa shape index (κ2) is 5.09. The first-order valence-corrected chi connectivity index (χ1v) is 8.16. The quantitative estimate of drug-likeness (QED) is 0.813. The third kappa shape index (κ3) is 2.47. The maximum atomic E-state index is 6.45. The number of benzene rings is 1. The number of para-hydroxylation sites is 1. The molecule has 4 rings (SSSR count). The normalized spacial score (nSPS) is 19.1. The Balaban J connectivity index is 1.41. The predicted molar refractivity (Wildman–Crippen MR) is 84.0 cm³/mol. The van der Waals surface area contributed by atoms with E-state index in [1.54, 1.807) is 0 Å². The van der Waals surface area contributed by atoms with Crippen LogP contribution in [0.25, 0.3) is 10.9 Å². The molecule has 1 aromatic carbocycles. The summed E-state index contributed by atoms with van der Waals surface area (Å²) < 4.78 is 0. The van der Waals surface area contributed by atoms with Crippen LogP contribution in [-0.2, 0) is 6.54 Å². The molecule has 0 saturated heterocycles. The second-order valence-electron chi connectivity index (χ2n) is 6.43. The Labute approximate surface area is 124 Å². The SMILES string of the molecule is Clc1c(CNCC(C2CC2)C2CC2)[nH]c2ccccc12. The average Bonchev–Trinajstić information content (AvgIpc) is 3.36. The van der Waals surface area contributed by atoms with E-state index in [9.17, 15) is 0 Å². The fourth-order valence-corrected chi connectivity index (χ4v) is 3.69. The van der Waals surface area contributed by atoms with Crippen LogP contribution in [-0.4, -0.2) is 11.5 Å². The molecular weight excluding hydrogens is 268 g/mol. The van der Waals surface area contributed by atoms with Gasteiger partial charge in [0.1, 0.15) is 0 Å². The van der Waals surface area contributed by atoms with Crippen molar-refractivity contribution < 1.29 is 0 Å². The lowest BCUT2D eigenvalue weighted by Gasteiger charge is -2.16. The van der Waals surface area contributed by atoms with Crippen molar-refractivity contribution in [1.29, 1.82) is 0 Å². The number of halogens is 1. The summed E-state index contributed by atoms with van der Waals surface area (Å²) in [5.41, 5.74) is 2.26. The summed E-state index contributed by atoms with van der Waals surface area (Å²) in [6.45, 7) is 2.00. The minimum absolute atomic E-state index is 0.851. The van der Waals surface area contributed by atoms with E-state index in [4.69, 9.17) is 11.6 Å². The number of hydrogen-bond donors (Lipinski definition) is 2. The molecule has 106 valence electrons. The van der Waals surface area contributed by atoms with Gasteiger partial charge in [-0.15, -0.1) is 0 Å². The Bertz CT molecular complexity index is 598. The monoisotopic (exact) mass is 288 g/mol. The molecule has 0 atom stereocenters. The summed E-state index contributed by atoms with van der Waals surface area (Å²) in [6.07, 6.45) is 5.82. The molecule has 1 aromatic heterocycles. The first-order chi connectivity index (χ1) is 9.83. The van der Waals surface area contributed by atoms with Crippen LogP contribution in [0, 0.1) is 17.8 Å². The van der Waals surface area contributed by atoms with Gasteiger partial charge in [0.25, 0.3) is 0 Å². The van der Waals surface area contributed by atoms with E-state index in [1.165, 1.54) is 25.7 Å². The molecule has 0 radical (unpaired) electrons. The third-order valence-electron chi connectivity index (χ3n) is 4.85. The summed E-state index contributed by atoms with van der Waals surface area (Å²) in [5.74, 6) is 2.93. The number of nitrogens with one attached hydrogen (secondary N) is 2. The molecule has 2 aromatic rings. The number of hydrogen-bond acceptors (Lipinski definition) is 1. The van der Waals surface area contributed by atoms with Crippen molar-refractivity contribution in [3.05, 3.63) is 35.0 Å². The smallest absolute Gasteiger partial charge is 0.0705 e. The molecule has 2 aliphatic rings. The van der Waals surface area contributed by atoms with Crippen LogP contribution in [0.1, 0.15) is 31.4 Å². The molecule has 0 bridgehead atoms. The van der Waals surface area contributed by atoms with Crippen LogP contribution in [0.3, 0.4) is 0 Å². The van der Waals surface area contributed by atoms with E-state index in [1.807, 2.05) is 12.1 Å². The highest BCUT2D eigenvalue weighted by Crippen LogP contribution is 2.48. The molecule has 2 fully saturated rings. The lowest BCUT2D eigenvalue weighted by atomic mass is 9.98. The van der Waals surface area contributed by atoms with Gasteiger partial charge in [-0.05, 0) is 56.0 Å². The molecule has 2 N–H and O–H groups in total. The zero-order valence-electron chi connectivity index (χ0n) is 11.7. The lowest BCUT2D eigenvalue weighted by Crippen LogP contribution is -2.25. The van der Waals surface area contributed by atoms with Crippen LogP contribution in [0.5, 0.6) is 0 Å². The topological polar surface area (TPSA) is 27.8 Å². The van der Waals surface area contributed by atoms with Gasteiger partial charge >= 0.3 is 0 Å². The number of H-pyrrole nitrogens is 1. The van der Waals surface area contributed by atoms with Gasteiger partial charge in [0, 0.05) is 23.1 Å². The Kier molecular flexibility index (Phi) is 3.24. The van der Waals surface area contributed by atoms with Crippen molar-refractivity contribution in [2.75, 3.05) is 6.54 Å². The zero-order valence-corrected chi connectivity index (χ0v) is 12.4. The minimum Gasteiger partial charge on any atom is -0.356 e. The van der Waals surface area contributed by atoms with Gasteiger partial charge in [-0.3, -0.25) is 0 Å².